The number of amides is 1. The smallest absolute Gasteiger partial charge is 0.230 e. The van der Waals surface area contributed by atoms with Crippen LogP contribution in [0.2, 0.25) is 0 Å². The third-order valence-electron chi connectivity index (χ3n) is 6.32. The maximum Gasteiger partial charge on any atom is 0.230 e. The summed E-state index contributed by atoms with van der Waals surface area (Å²) in [7, 11) is 0. The van der Waals surface area contributed by atoms with Crippen LogP contribution in [0.15, 0.2) is 12.3 Å². The number of carbonyl (C=O) groups excluding carboxylic acids is 1. The number of halogens is 2. The number of aliphatic hydroxyl groups is 1. The molecule has 1 aromatic heterocycles. The first-order valence-corrected chi connectivity index (χ1v) is 9.54. The summed E-state index contributed by atoms with van der Waals surface area (Å²) in [5.74, 6) is -1.07. The van der Waals surface area contributed by atoms with Crippen LogP contribution in [0.5, 0.6) is 0 Å². The van der Waals surface area contributed by atoms with E-state index in [0.717, 1.165) is 63.8 Å². The minimum absolute atomic E-state index is 0.137. The van der Waals surface area contributed by atoms with Gasteiger partial charge < -0.3 is 14.9 Å². The van der Waals surface area contributed by atoms with E-state index in [4.69, 9.17) is 0 Å². The molecule has 1 atom stereocenters. The van der Waals surface area contributed by atoms with E-state index < -0.39 is 17.0 Å². The molecule has 2 aliphatic heterocycles. The number of piperidine rings is 1. The summed E-state index contributed by atoms with van der Waals surface area (Å²) in [6.45, 7) is 1.79. The first-order chi connectivity index (χ1) is 12.5. The Hall–Kier alpha value is -1.76. The molecular weight excluding hydrogens is 340 g/mol. The van der Waals surface area contributed by atoms with Crippen LogP contribution in [0.3, 0.4) is 0 Å². The molecule has 0 aromatic carbocycles. The van der Waals surface area contributed by atoms with Crippen LogP contribution < -0.4 is 4.90 Å². The minimum atomic E-state index is -0.694. The van der Waals surface area contributed by atoms with Gasteiger partial charge in [-0.2, -0.15) is 0 Å². The maximum atomic E-state index is 14.1. The molecule has 1 N–H and O–H groups in total. The fourth-order valence-electron chi connectivity index (χ4n) is 4.90. The molecule has 7 heteroatoms. The van der Waals surface area contributed by atoms with Crippen LogP contribution >= 0.6 is 0 Å². The molecule has 0 unspecified atom stereocenters. The van der Waals surface area contributed by atoms with Crippen LogP contribution in [-0.4, -0.2) is 52.7 Å². The molecule has 4 rings (SSSR count). The Labute approximate surface area is 152 Å². The summed E-state index contributed by atoms with van der Waals surface area (Å²) in [5, 5.41) is 9.70. The zero-order valence-corrected chi connectivity index (χ0v) is 14.8. The predicted molar refractivity (Wildman–Crippen MR) is 92.6 cm³/mol. The Morgan fingerprint density at radius 1 is 1.15 bits per heavy atom. The van der Waals surface area contributed by atoms with E-state index in [-0.39, 0.29) is 23.9 Å². The molecular formula is C19H25F2N3O2. The highest BCUT2D eigenvalue weighted by atomic mass is 19.1. The lowest BCUT2D eigenvalue weighted by Crippen LogP contribution is -2.50. The summed E-state index contributed by atoms with van der Waals surface area (Å²) in [6, 6.07) is 1.06. The zero-order valence-electron chi connectivity index (χ0n) is 14.8. The Morgan fingerprint density at radius 2 is 1.92 bits per heavy atom. The quantitative estimate of drug-likeness (QED) is 0.875. The van der Waals surface area contributed by atoms with Crippen molar-refractivity contribution < 1.29 is 18.7 Å². The third-order valence-corrected chi connectivity index (χ3v) is 6.32. The summed E-state index contributed by atoms with van der Waals surface area (Å²) in [5.41, 5.74) is -0.489. The Kier molecular flexibility index (Phi) is 4.59. The highest BCUT2D eigenvalue weighted by molar-refractivity contribution is 5.86. The Bertz CT molecular complexity index is 693. The van der Waals surface area contributed by atoms with Crippen LogP contribution in [0.4, 0.5) is 14.6 Å². The number of aromatic nitrogens is 1. The van der Waals surface area contributed by atoms with E-state index in [0.29, 0.717) is 13.1 Å². The number of nitrogens with zero attached hydrogens (tertiary/aromatic N) is 3. The van der Waals surface area contributed by atoms with E-state index in [9.17, 15) is 18.7 Å². The number of likely N-dealkylation sites (tertiary alicyclic amines) is 1. The van der Waals surface area contributed by atoms with Gasteiger partial charge in [-0.05, 0) is 44.9 Å². The van der Waals surface area contributed by atoms with Gasteiger partial charge in [-0.25, -0.2) is 13.8 Å². The molecule has 1 aliphatic carbocycles. The number of carbonyl (C=O) groups is 1. The molecule has 3 heterocycles. The van der Waals surface area contributed by atoms with Crippen molar-refractivity contribution in [2.45, 2.75) is 57.1 Å². The molecule has 1 spiro atoms. The molecule has 3 fully saturated rings. The van der Waals surface area contributed by atoms with Gasteiger partial charge in [0.1, 0.15) is 5.82 Å². The van der Waals surface area contributed by atoms with Crippen molar-refractivity contribution in [3.63, 3.8) is 0 Å². The van der Waals surface area contributed by atoms with Gasteiger partial charge in [0, 0.05) is 31.7 Å². The second kappa shape index (κ2) is 6.76. The average molecular weight is 365 g/mol. The molecule has 5 nitrogen and oxygen atoms in total. The van der Waals surface area contributed by atoms with Crippen molar-refractivity contribution in [1.29, 1.82) is 0 Å². The lowest BCUT2D eigenvalue weighted by molar-refractivity contribution is -0.139. The zero-order chi connectivity index (χ0) is 18.3. The molecule has 1 saturated carbocycles. The fraction of sp³-hybridized carbons (Fsp3) is 0.684. The van der Waals surface area contributed by atoms with E-state index in [1.165, 1.54) is 0 Å². The molecule has 0 bridgehead atoms. The first kappa shape index (κ1) is 17.6. The second-order valence-electron chi connectivity index (χ2n) is 7.98. The van der Waals surface area contributed by atoms with Crippen molar-refractivity contribution in [2.75, 3.05) is 24.5 Å². The van der Waals surface area contributed by atoms with E-state index in [1.54, 1.807) is 4.90 Å². The van der Waals surface area contributed by atoms with Gasteiger partial charge in [-0.3, -0.25) is 4.79 Å². The first-order valence-electron chi connectivity index (χ1n) is 9.54. The van der Waals surface area contributed by atoms with Gasteiger partial charge in [0.15, 0.2) is 11.6 Å². The number of anilines is 1. The average Bonchev–Trinajstić information content (AvgIpc) is 2.92. The molecule has 2 saturated heterocycles. The van der Waals surface area contributed by atoms with E-state index in [2.05, 4.69) is 4.98 Å². The van der Waals surface area contributed by atoms with Gasteiger partial charge in [0.05, 0.1) is 17.7 Å². The SMILES string of the molecule is O=C1N(C2CCC(O)CC2)CC[C@]12CCCN(c1ncc(F)cc1F)C2. The third kappa shape index (κ3) is 3.06. The fourth-order valence-corrected chi connectivity index (χ4v) is 4.90. The molecule has 26 heavy (non-hydrogen) atoms. The summed E-state index contributed by atoms with van der Waals surface area (Å²) in [6.07, 6.45) is 6.34. The molecule has 3 aliphatic rings. The van der Waals surface area contributed by atoms with Crippen molar-refractivity contribution in [1.82, 2.24) is 9.88 Å². The normalized spacial score (nSPS) is 32.5. The monoisotopic (exact) mass is 365 g/mol. The second-order valence-corrected chi connectivity index (χ2v) is 7.98. The highest BCUT2D eigenvalue weighted by Gasteiger charge is 2.51. The maximum absolute atomic E-state index is 14.1. The van der Waals surface area contributed by atoms with Gasteiger partial charge >= 0.3 is 0 Å². The Balaban J connectivity index is 1.50. The van der Waals surface area contributed by atoms with Crippen molar-refractivity contribution in [3.05, 3.63) is 23.9 Å². The van der Waals surface area contributed by atoms with Gasteiger partial charge in [0.2, 0.25) is 5.91 Å². The Morgan fingerprint density at radius 3 is 2.65 bits per heavy atom. The van der Waals surface area contributed by atoms with Crippen LogP contribution in [-0.2, 0) is 4.79 Å². The van der Waals surface area contributed by atoms with Crippen molar-refractivity contribution in [2.24, 2.45) is 5.41 Å². The van der Waals surface area contributed by atoms with Crippen LogP contribution in [0.25, 0.3) is 0 Å². The predicted octanol–water partition coefficient (Wildman–Crippen LogP) is 2.48. The minimum Gasteiger partial charge on any atom is -0.393 e. The number of hydrogen-bond acceptors (Lipinski definition) is 4. The molecule has 1 amide bonds. The summed E-state index contributed by atoms with van der Waals surface area (Å²) in [4.78, 5) is 20.9. The number of pyridine rings is 1. The lowest BCUT2D eigenvalue weighted by atomic mass is 9.78. The molecule has 142 valence electrons. The van der Waals surface area contributed by atoms with Crippen molar-refractivity contribution >= 4 is 11.7 Å². The summed E-state index contributed by atoms with van der Waals surface area (Å²) < 4.78 is 27.3. The summed E-state index contributed by atoms with van der Waals surface area (Å²) >= 11 is 0. The lowest BCUT2D eigenvalue weighted by Gasteiger charge is -2.41. The standard InChI is InChI=1S/C19H25F2N3O2/c20-13-10-16(21)17(22-11-13)23-8-1-6-19(12-23)7-9-24(18(19)26)14-2-4-15(25)5-3-14/h10-11,14-15,25H,1-9,12H2/t14?,15?,19-/m0/s1. The van der Waals surface area contributed by atoms with Gasteiger partial charge in [-0.1, -0.05) is 0 Å². The number of aliphatic hydroxyl groups excluding tert-OH is 1. The van der Waals surface area contributed by atoms with Gasteiger partial charge in [0.25, 0.3) is 0 Å². The number of hydrogen-bond donors (Lipinski definition) is 1. The topological polar surface area (TPSA) is 56.7 Å². The van der Waals surface area contributed by atoms with Crippen LogP contribution in [0.1, 0.15) is 44.9 Å². The largest absolute Gasteiger partial charge is 0.393 e. The van der Waals surface area contributed by atoms with E-state index >= 15 is 0 Å². The highest BCUT2D eigenvalue weighted by Crippen LogP contribution is 2.43. The van der Waals surface area contributed by atoms with Crippen molar-refractivity contribution in [3.8, 4) is 0 Å². The van der Waals surface area contributed by atoms with Crippen LogP contribution in [0, 0.1) is 17.0 Å². The molecule has 0 radical (unpaired) electrons. The number of rotatable bonds is 2. The van der Waals surface area contributed by atoms with E-state index in [1.807, 2.05) is 4.90 Å². The molecule has 1 aromatic rings. The van der Waals surface area contributed by atoms with Gasteiger partial charge in [-0.15, -0.1) is 0 Å².